The molecule has 0 atom stereocenters. The molecule has 0 unspecified atom stereocenters. The normalized spacial score (nSPS) is 13.4. The Morgan fingerprint density at radius 2 is 1.48 bits per heavy atom. The lowest BCUT2D eigenvalue weighted by molar-refractivity contribution is 0.101. The van der Waals surface area contributed by atoms with Crippen molar-refractivity contribution in [1.82, 2.24) is 4.57 Å². The third-order valence-electron chi connectivity index (χ3n) is 6.87. The fourth-order valence-corrected chi connectivity index (χ4v) is 4.61. The van der Waals surface area contributed by atoms with Crippen molar-refractivity contribution in [3.8, 4) is 6.07 Å². The molecule has 1 saturated heterocycles. The third-order valence-corrected chi connectivity index (χ3v) is 6.87. The van der Waals surface area contributed by atoms with Crippen LogP contribution in [0.1, 0.15) is 39.1 Å². The molecule has 0 aliphatic carbocycles. The summed E-state index contributed by atoms with van der Waals surface area (Å²) < 4.78 is 1.81. The maximum Gasteiger partial charge on any atom is 0.257 e. The lowest BCUT2D eigenvalue weighted by Crippen LogP contribution is -2.35. The largest absolute Gasteiger partial charge is 0.393 e. The minimum Gasteiger partial charge on any atom is -0.393 e. The molecule has 4 aromatic rings. The summed E-state index contributed by atoms with van der Waals surface area (Å²) in [5.41, 5.74) is 5.00. The molecule has 40 heavy (non-hydrogen) atoms. The van der Waals surface area contributed by atoms with Gasteiger partial charge >= 0.3 is 0 Å². The lowest BCUT2D eigenvalue weighted by Gasteiger charge is -2.31. The molecule has 0 saturated carbocycles. The van der Waals surface area contributed by atoms with Gasteiger partial charge in [0.15, 0.2) is 0 Å². The van der Waals surface area contributed by atoms with Crippen LogP contribution in [-0.4, -0.2) is 40.7 Å². The number of benzene rings is 3. The van der Waals surface area contributed by atoms with E-state index in [1.807, 2.05) is 42.1 Å². The van der Waals surface area contributed by atoms with Crippen LogP contribution in [-0.2, 0) is 7.05 Å². The first kappa shape index (κ1) is 26.5. The molecule has 3 aromatic carbocycles. The Bertz CT molecular complexity index is 1550. The fraction of sp³-hybridized carbons (Fsp3) is 0.194. The number of carbonyl (C=O) groups excluding carboxylic acids is 2. The number of hydrogen-bond donors (Lipinski definition) is 4. The lowest BCUT2D eigenvalue weighted by atomic mass is 10.1. The number of amides is 2. The van der Waals surface area contributed by atoms with Gasteiger partial charge in [-0.1, -0.05) is 0 Å². The molecule has 0 bridgehead atoms. The molecule has 2 heterocycles. The number of nitrogens with one attached hydrogen (secondary N) is 3. The highest BCUT2D eigenvalue weighted by Gasteiger charge is 2.18. The van der Waals surface area contributed by atoms with E-state index < -0.39 is 0 Å². The van der Waals surface area contributed by atoms with Gasteiger partial charge in [-0.3, -0.25) is 9.59 Å². The summed E-state index contributed by atoms with van der Waals surface area (Å²) in [7, 11) is 1.86. The topological polar surface area (TPSA) is 122 Å². The number of aliphatic hydroxyl groups excluding tert-OH is 1. The number of carbonyl (C=O) groups is 2. The Kier molecular flexibility index (Phi) is 7.80. The minimum atomic E-state index is -0.265. The minimum absolute atomic E-state index is 0.190. The van der Waals surface area contributed by atoms with Gasteiger partial charge in [0.05, 0.1) is 22.9 Å². The number of hydrogen-bond acceptors (Lipinski definition) is 6. The number of nitrogens with zero attached hydrogens (tertiary/aromatic N) is 3. The van der Waals surface area contributed by atoms with Gasteiger partial charge in [-0.15, -0.1) is 0 Å². The van der Waals surface area contributed by atoms with Gasteiger partial charge in [-0.25, -0.2) is 0 Å². The van der Waals surface area contributed by atoms with Gasteiger partial charge in [0, 0.05) is 60.8 Å². The van der Waals surface area contributed by atoms with Crippen LogP contribution in [0.2, 0.25) is 0 Å². The van der Waals surface area contributed by atoms with E-state index in [9.17, 15) is 20.0 Å². The van der Waals surface area contributed by atoms with E-state index in [-0.39, 0.29) is 17.9 Å². The first-order chi connectivity index (χ1) is 19.4. The van der Waals surface area contributed by atoms with Gasteiger partial charge in [0.25, 0.3) is 11.8 Å². The van der Waals surface area contributed by atoms with E-state index >= 15 is 0 Å². The summed E-state index contributed by atoms with van der Waals surface area (Å²) in [5.74, 6) is -0.456. The van der Waals surface area contributed by atoms with E-state index in [1.54, 1.807) is 54.7 Å². The van der Waals surface area contributed by atoms with Gasteiger partial charge < -0.3 is 30.5 Å². The zero-order valence-electron chi connectivity index (χ0n) is 22.1. The highest BCUT2D eigenvalue weighted by Crippen LogP contribution is 2.26. The Morgan fingerprint density at radius 1 is 0.850 bits per heavy atom. The van der Waals surface area contributed by atoms with Crippen LogP contribution in [0.15, 0.2) is 85.2 Å². The first-order valence-electron chi connectivity index (χ1n) is 13.1. The predicted octanol–water partition coefficient (Wildman–Crippen LogP) is 5.11. The molecule has 5 rings (SSSR count). The smallest absolute Gasteiger partial charge is 0.257 e. The fourth-order valence-electron chi connectivity index (χ4n) is 4.61. The van der Waals surface area contributed by atoms with Crippen LogP contribution in [0, 0.1) is 11.3 Å². The number of rotatable bonds is 7. The van der Waals surface area contributed by atoms with Crippen LogP contribution in [0.3, 0.4) is 0 Å². The van der Waals surface area contributed by atoms with Crippen molar-refractivity contribution >= 4 is 40.3 Å². The molecule has 9 heteroatoms. The molecule has 1 aliphatic rings. The monoisotopic (exact) mass is 534 g/mol. The van der Waals surface area contributed by atoms with Crippen LogP contribution in [0.5, 0.6) is 0 Å². The summed E-state index contributed by atoms with van der Waals surface area (Å²) in [6, 6.07) is 23.6. The van der Waals surface area contributed by atoms with Crippen molar-refractivity contribution < 1.29 is 14.7 Å². The number of nitriles is 1. The Hall–Kier alpha value is -5.07. The van der Waals surface area contributed by atoms with Crippen molar-refractivity contribution in [2.75, 3.05) is 33.9 Å². The van der Waals surface area contributed by atoms with Crippen LogP contribution in [0.4, 0.5) is 28.4 Å². The van der Waals surface area contributed by atoms with Crippen molar-refractivity contribution in [1.29, 1.82) is 5.26 Å². The molecule has 1 aromatic heterocycles. The second kappa shape index (κ2) is 11.8. The Balaban J connectivity index is 1.19. The summed E-state index contributed by atoms with van der Waals surface area (Å²) in [6.07, 6.45) is 4.81. The first-order valence-corrected chi connectivity index (χ1v) is 13.1. The van der Waals surface area contributed by atoms with Crippen molar-refractivity contribution in [2.24, 2.45) is 7.05 Å². The average Bonchev–Trinajstić information content (AvgIpc) is 3.41. The number of piperidine rings is 1. The van der Waals surface area contributed by atoms with Crippen molar-refractivity contribution in [3.05, 3.63) is 102 Å². The zero-order chi connectivity index (χ0) is 28.1. The SMILES string of the molecule is Cn1ccc(C(=O)Nc2ccc(Nc3ccc(NC(=O)c4ccc(N5CCC(O)CC5)cc4)cc3C#N)cc2)c1. The second-order valence-electron chi connectivity index (χ2n) is 9.81. The maximum atomic E-state index is 12.8. The molecule has 202 valence electrons. The summed E-state index contributed by atoms with van der Waals surface area (Å²) in [6.45, 7) is 1.58. The molecule has 0 radical (unpaired) electrons. The molecule has 1 aliphatic heterocycles. The molecular formula is C31H30N6O3. The predicted molar refractivity (Wildman–Crippen MR) is 156 cm³/mol. The second-order valence-corrected chi connectivity index (χ2v) is 9.81. The molecule has 1 fully saturated rings. The van der Waals surface area contributed by atoms with Gasteiger partial charge in [-0.05, 0) is 85.6 Å². The Labute approximate surface area is 232 Å². The quantitative estimate of drug-likeness (QED) is 0.262. The van der Waals surface area contributed by atoms with Crippen LogP contribution >= 0.6 is 0 Å². The van der Waals surface area contributed by atoms with Crippen LogP contribution < -0.4 is 20.9 Å². The van der Waals surface area contributed by atoms with Crippen molar-refractivity contribution in [3.63, 3.8) is 0 Å². The van der Waals surface area contributed by atoms with Gasteiger partial charge in [-0.2, -0.15) is 5.26 Å². The summed E-state index contributed by atoms with van der Waals surface area (Å²) >= 11 is 0. The number of aromatic nitrogens is 1. The van der Waals surface area contributed by atoms with E-state index in [4.69, 9.17) is 0 Å². The third kappa shape index (κ3) is 6.31. The zero-order valence-corrected chi connectivity index (χ0v) is 22.1. The van der Waals surface area contributed by atoms with E-state index in [0.717, 1.165) is 37.3 Å². The van der Waals surface area contributed by atoms with Crippen molar-refractivity contribution in [2.45, 2.75) is 18.9 Å². The highest BCUT2D eigenvalue weighted by molar-refractivity contribution is 6.05. The number of aryl methyl sites for hydroxylation is 1. The number of anilines is 5. The molecule has 9 nitrogen and oxygen atoms in total. The molecule has 0 spiro atoms. The van der Waals surface area contributed by atoms with Gasteiger partial charge in [0.1, 0.15) is 6.07 Å². The molecule has 4 N–H and O–H groups in total. The highest BCUT2D eigenvalue weighted by atomic mass is 16.3. The van der Waals surface area contributed by atoms with E-state index in [0.29, 0.717) is 33.8 Å². The Morgan fingerprint density at radius 3 is 2.12 bits per heavy atom. The van der Waals surface area contributed by atoms with Gasteiger partial charge in [0.2, 0.25) is 0 Å². The van der Waals surface area contributed by atoms with Crippen LogP contribution in [0.25, 0.3) is 0 Å². The van der Waals surface area contributed by atoms with E-state index in [2.05, 4.69) is 26.9 Å². The standard InChI is InChI=1S/C31H30N6O3/c1-36-15-12-22(20-36)31(40)34-25-6-4-24(5-7-25)33-29-11-8-26(18-23(29)19-32)35-30(39)21-2-9-27(10-3-21)37-16-13-28(38)14-17-37/h2-12,15,18,20,28,33,38H,13-14,16-17H2,1H3,(H,34,40)(H,35,39). The molecular weight excluding hydrogens is 504 g/mol. The average molecular weight is 535 g/mol. The van der Waals surface area contributed by atoms with E-state index in [1.165, 1.54) is 0 Å². The number of aliphatic hydroxyl groups is 1. The summed E-state index contributed by atoms with van der Waals surface area (Å²) in [4.78, 5) is 27.4. The summed E-state index contributed by atoms with van der Waals surface area (Å²) in [5, 5.41) is 28.4. The maximum absolute atomic E-state index is 12.8. The molecule has 2 amide bonds.